The first-order valence-corrected chi connectivity index (χ1v) is 7.91. The lowest BCUT2D eigenvalue weighted by Crippen LogP contribution is -2.25. The van der Waals surface area contributed by atoms with Gasteiger partial charge in [0.05, 0.1) is 13.2 Å². The third-order valence-electron chi connectivity index (χ3n) is 4.29. The Morgan fingerprint density at radius 1 is 1.15 bits per heavy atom. The van der Waals surface area contributed by atoms with Crippen LogP contribution in [0.2, 0.25) is 0 Å². The van der Waals surface area contributed by atoms with Crippen LogP contribution in [0.4, 0.5) is 0 Å². The number of likely N-dealkylation sites (N-methyl/N-ethyl adjacent to an activating group) is 1. The Kier molecular flexibility index (Phi) is 4.71. The molecule has 0 saturated heterocycles. The smallest absolute Gasteiger partial charge is 0.0720 e. The summed E-state index contributed by atoms with van der Waals surface area (Å²) >= 11 is 0. The van der Waals surface area contributed by atoms with Crippen LogP contribution in [-0.2, 0) is 17.9 Å². The van der Waals surface area contributed by atoms with Crippen LogP contribution in [0, 0.1) is 0 Å². The molecule has 20 heavy (non-hydrogen) atoms. The van der Waals surface area contributed by atoms with Gasteiger partial charge in [0.2, 0.25) is 0 Å². The zero-order valence-electron chi connectivity index (χ0n) is 12.5. The molecule has 2 aliphatic rings. The minimum Gasteiger partial charge on any atom is -0.375 e. The fourth-order valence-corrected chi connectivity index (χ4v) is 2.50. The van der Waals surface area contributed by atoms with Gasteiger partial charge in [-0.2, -0.15) is 0 Å². The maximum Gasteiger partial charge on any atom is 0.0720 e. The molecule has 3 rings (SSSR count). The second-order valence-corrected chi connectivity index (χ2v) is 6.19. The predicted molar refractivity (Wildman–Crippen MR) is 81.6 cm³/mol. The van der Waals surface area contributed by atoms with E-state index in [0.717, 1.165) is 38.4 Å². The lowest BCUT2D eigenvalue weighted by molar-refractivity contribution is 0.0973. The van der Waals surface area contributed by atoms with Crippen LogP contribution < -0.4 is 5.32 Å². The lowest BCUT2D eigenvalue weighted by Gasteiger charge is -2.16. The molecule has 0 heterocycles. The van der Waals surface area contributed by atoms with Gasteiger partial charge in [0.1, 0.15) is 0 Å². The summed E-state index contributed by atoms with van der Waals surface area (Å²) in [6.45, 7) is 3.59. The topological polar surface area (TPSA) is 24.5 Å². The summed E-state index contributed by atoms with van der Waals surface area (Å²) in [7, 11) is 2.20. The molecule has 0 amide bonds. The van der Waals surface area contributed by atoms with Gasteiger partial charge in [-0.05, 0) is 43.9 Å². The van der Waals surface area contributed by atoms with Crippen LogP contribution in [0.25, 0.3) is 0 Å². The van der Waals surface area contributed by atoms with Gasteiger partial charge in [-0.1, -0.05) is 24.3 Å². The second kappa shape index (κ2) is 6.70. The SMILES string of the molecule is CN(CCOCc1ccccc1CNC1CC1)C1CC1. The Labute approximate surface area is 122 Å². The lowest BCUT2D eigenvalue weighted by atomic mass is 10.1. The fourth-order valence-electron chi connectivity index (χ4n) is 2.50. The van der Waals surface area contributed by atoms with Gasteiger partial charge in [0.15, 0.2) is 0 Å². The van der Waals surface area contributed by atoms with E-state index in [1.807, 2.05) is 0 Å². The molecular weight excluding hydrogens is 248 g/mol. The quantitative estimate of drug-likeness (QED) is 0.700. The highest BCUT2D eigenvalue weighted by atomic mass is 16.5. The maximum absolute atomic E-state index is 5.86. The Balaban J connectivity index is 1.41. The Morgan fingerprint density at radius 3 is 2.60 bits per heavy atom. The maximum atomic E-state index is 5.86. The first-order chi connectivity index (χ1) is 9.83. The normalized spacial score (nSPS) is 18.7. The number of hydrogen-bond acceptors (Lipinski definition) is 3. The summed E-state index contributed by atoms with van der Waals surface area (Å²) in [5, 5.41) is 3.58. The van der Waals surface area contributed by atoms with Crippen molar-refractivity contribution in [3.63, 3.8) is 0 Å². The third-order valence-corrected chi connectivity index (χ3v) is 4.29. The molecule has 2 aliphatic carbocycles. The molecule has 3 heteroatoms. The van der Waals surface area contributed by atoms with Crippen LogP contribution in [0.3, 0.4) is 0 Å². The second-order valence-electron chi connectivity index (χ2n) is 6.19. The Hall–Kier alpha value is -0.900. The predicted octanol–water partition coefficient (Wildman–Crippen LogP) is 2.55. The summed E-state index contributed by atoms with van der Waals surface area (Å²) in [5.74, 6) is 0. The van der Waals surface area contributed by atoms with Gasteiger partial charge in [-0.15, -0.1) is 0 Å². The number of rotatable bonds is 9. The van der Waals surface area contributed by atoms with E-state index in [4.69, 9.17) is 4.74 Å². The molecule has 1 aromatic carbocycles. The van der Waals surface area contributed by atoms with E-state index in [9.17, 15) is 0 Å². The van der Waals surface area contributed by atoms with Gasteiger partial charge in [-0.25, -0.2) is 0 Å². The molecular formula is C17H26N2O. The number of nitrogens with zero attached hydrogens (tertiary/aromatic N) is 1. The van der Waals surface area contributed by atoms with Crippen molar-refractivity contribution in [3.8, 4) is 0 Å². The first-order valence-electron chi connectivity index (χ1n) is 7.91. The van der Waals surface area contributed by atoms with Crippen molar-refractivity contribution in [3.05, 3.63) is 35.4 Å². The highest BCUT2D eigenvalue weighted by Gasteiger charge is 2.25. The summed E-state index contributed by atoms with van der Waals surface area (Å²) < 4.78 is 5.86. The van der Waals surface area contributed by atoms with E-state index in [1.165, 1.54) is 36.8 Å². The molecule has 0 aliphatic heterocycles. The zero-order valence-corrected chi connectivity index (χ0v) is 12.5. The molecule has 0 bridgehead atoms. The van der Waals surface area contributed by atoms with Crippen molar-refractivity contribution in [2.45, 2.75) is 50.9 Å². The van der Waals surface area contributed by atoms with E-state index in [1.54, 1.807) is 0 Å². The number of benzene rings is 1. The molecule has 1 aromatic rings. The average molecular weight is 274 g/mol. The van der Waals surface area contributed by atoms with Gasteiger partial charge in [-0.3, -0.25) is 0 Å². The Bertz CT molecular complexity index is 427. The molecule has 2 fully saturated rings. The Morgan fingerprint density at radius 2 is 1.90 bits per heavy atom. The fraction of sp³-hybridized carbons (Fsp3) is 0.647. The highest BCUT2D eigenvalue weighted by molar-refractivity contribution is 5.26. The number of ether oxygens (including phenoxy) is 1. The molecule has 0 aromatic heterocycles. The molecule has 110 valence electrons. The van der Waals surface area contributed by atoms with E-state index in [0.29, 0.717) is 0 Å². The van der Waals surface area contributed by atoms with Crippen LogP contribution >= 0.6 is 0 Å². The van der Waals surface area contributed by atoms with Crippen molar-refractivity contribution in [2.75, 3.05) is 20.2 Å². The average Bonchev–Trinajstić information content (AvgIpc) is 3.35. The van der Waals surface area contributed by atoms with Crippen LogP contribution in [0.15, 0.2) is 24.3 Å². The highest BCUT2D eigenvalue weighted by Crippen LogP contribution is 2.24. The molecule has 1 N–H and O–H groups in total. The summed E-state index contributed by atoms with van der Waals surface area (Å²) in [6.07, 6.45) is 5.41. The van der Waals surface area contributed by atoms with E-state index >= 15 is 0 Å². The summed E-state index contributed by atoms with van der Waals surface area (Å²) in [6, 6.07) is 10.2. The van der Waals surface area contributed by atoms with Gasteiger partial charge >= 0.3 is 0 Å². The van der Waals surface area contributed by atoms with Crippen LogP contribution in [-0.4, -0.2) is 37.2 Å². The van der Waals surface area contributed by atoms with Crippen molar-refractivity contribution in [1.29, 1.82) is 0 Å². The van der Waals surface area contributed by atoms with E-state index < -0.39 is 0 Å². The standard InChI is InChI=1S/C17H26N2O/c1-19(17-8-9-17)10-11-20-13-15-5-3-2-4-14(15)12-18-16-6-7-16/h2-5,16-18H,6-13H2,1H3. The zero-order chi connectivity index (χ0) is 13.8. The minimum atomic E-state index is 0.737. The van der Waals surface area contributed by atoms with Crippen molar-refractivity contribution >= 4 is 0 Å². The van der Waals surface area contributed by atoms with Crippen molar-refractivity contribution in [1.82, 2.24) is 10.2 Å². The monoisotopic (exact) mass is 274 g/mol. The van der Waals surface area contributed by atoms with Gasteiger partial charge < -0.3 is 15.0 Å². The molecule has 0 atom stereocenters. The molecule has 0 radical (unpaired) electrons. The molecule has 2 saturated carbocycles. The van der Waals surface area contributed by atoms with E-state index in [-0.39, 0.29) is 0 Å². The summed E-state index contributed by atoms with van der Waals surface area (Å²) in [4.78, 5) is 2.42. The number of nitrogens with one attached hydrogen (secondary N) is 1. The van der Waals surface area contributed by atoms with Crippen molar-refractivity contribution < 1.29 is 4.74 Å². The first kappa shape index (κ1) is 14.1. The van der Waals surface area contributed by atoms with Crippen LogP contribution in [0.1, 0.15) is 36.8 Å². The largest absolute Gasteiger partial charge is 0.375 e. The van der Waals surface area contributed by atoms with Crippen molar-refractivity contribution in [2.24, 2.45) is 0 Å². The van der Waals surface area contributed by atoms with Gasteiger partial charge in [0.25, 0.3) is 0 Å². The van der Waals surface area contributed by atoms with Crippen LogP contribution in [0.5, 0.6) is 0 Å². The third kappa shape index (κ3) is 4.30. The van der Waals surface area contributed by atoms with E-state index in [2.05, 4.69) is 41.5 Å². The number of hydrogen-bond donors (Lipinski definition) is 1. The van der Waals surface area contributed by atoms with Gasteiger partial charge in [0, 0.05) is 25.2 Å². The molecule has 3 nitrogen and oxygen atoms in total. The summed E-state index contributed by atoms with van der Waals surface area (Å²) in [5.41, 5.74) is 2.71. The molecule has 0 unspecified atom stereocenters. The molecule has 0 spiro atoms. The minimum absolute atomic E-state index is 0.737.